The lowest BCUT2D eigenvalue weighted by Crippen LogP contribution is -1.99. The van der Waals surface area contributed by atoms with Gasteiger partial charge in [-0.15, -0.1) is 0 Å². The minimum absolute atomic E-state index is 0.0513. The molecule has 0 aliphatic rings. The summed E-state index contributed by atoms with van der Waals surface area (Å²) in [5.74, 6) is 0.734. The Hall–Kier alpha value is -4.79. The van der Waals surface area contributed by atoms with E-state index in [1.165, 1.54) is 6.26 Å². The normalized spacial score (nSPS) is 11.4. The van der Waals surface area contributed by atoms with Crippen LogP contribution in [-0.4, -0.2) is 41.9 Å². The van der Waals surface area contributed by atoms with Crippen molar-refractivity contribution in [2.24, 2.45) is 7.05 Å². The van der Waals surface area contributed by atoms with Crippen LogP contribution < -0.4 is 4.74 Å². The first-order chi connectivity index (χ1) is 17.1. The zero-order valence-corrected chi connectivity index (χ0v) is 19.4. The molecule has 0 bridgehead atoms. The number of benzene rings is 2. The summed E-state index contributed by atoms with van der Waals surface area (Å²) >= 11 is 0. The van der Waals surface area contributed by atoms with Crippen LogP contribution in [0, 0.1) is 6.92 Å². The second-order valence-corrected chi connectivity index (χ2v) is 8.23. The van der Waals surface area contributed by atoms with Gasteiger partial charge < -0.3 is 14.4 Å². The molecule has 0 amide bonds. The van der Waals surface area contributed by atoms with Gasteiger partial charge in [0.05, 0.1) is 24.4 Å². The number of nitrogens with one attached hydrogen (secondary N) is 1. The molecule has 2 N–H and O–H groups in total. The maximum absolute atomic E-state index is 11.4. The molecule has 2 aromatic carbocycles. The molecular formula is C26H22N6O3. The number of para-hydroxylation sites is 1. The average Bonchev–Trinajstić information content (AvgIpc) is 3.67. The highest BCUT2D eigenvalue weighted by Crippen LogP contribution is 2.46. The van der Waals surface area contributed by atoms with Crippen molar-refractivity contribution in [1.82, 2.24) is 29.7 Å². The van der Waals surface area contributed by atoms with Crippen molar-refractivity contribution < 1.29 is 14.4 Å². The summed E-state index contributed by atoms with van der Waals surface area (Å²) in [6, 6.07) is 17.3. The van der Waals surface area contributed by atoms with Crippen molar-refractivity contribution in [3.63, 3.8) is 0 Å². The van der Waals surface area contributed by atoms with Crippen LogP contribution in [0.2, 0.25) is 0 Å². The van der Waals surface area contributed by atoms with Crippen LogP contribution >= 0.6 is 0 Å². The van der Waals surface area contributed by atoms with Gasteiger partial charge in [0.15, 0.2) is 0 Å². The minimum Gasteiger partial charge on any atom is -0.496 e. The maximum atomic E-state index is 11.4. The first-order valence-electron chi connectivity index (χ1n) is 11.0. The number of H-pyrrole nitrogens is 1. The zero-order valence-electron chi connectivity index (χ0n) is 19.4. The fourth-order valence-electron chi connectivity index (χ4n) is 4.48. The topological polar surface area (TPSA) is 107 Å². The van der Waals surface area contributed by atoms with Gasteiger partial charge in [-0.1, -0.05) is 29.4 Å². The number of methoxy groups -OCH3 is 1. The van der Waals surface area contributed by atoms with Crippen molar-refractivity contribution in [3.8, 4) is 51.1 Å². The van der Waals surface area contributed by atoms with Crippen LogP contribution in [0.5, 0.6) is 11.6 Å². The van der Waals surface area contributed by atoms with E-state index >= 15 is 0 Å². The van der Waals surface area contributed by atoms with E-state index in [4.69, 9.17) is 9.26 Å². The van der Waals surface area contributed by atoms with Crippen LogP contribution in [0.25, 0.3) is 50.4 Å². The fourth-order valence-corrected chi connectivity index (χ4v) is 4.48. The molecule has 6 rings (SSSR count). The molecule has 0 spiro atoms. The highest BCUT2D eigenvalue weighted by atomic mass is 16.5. The Bertz CT molecular complexity index is 1660. The van der Waals surface area contributed by atoms with Crippen LogP contribution in [0.3, 0.4) is 0 Å². The molecule has 0 unspecified atom stereocenters. The van der Waals surface area contributed by atoms with E-state index < -0.39 is 0 Å². The van der Waals surface area contributed by atoms with Gasteiger partial charge in [0.2, 0.25) is 5.88 Å². The van der Waals surface area contributed by atoms with E-state index in [2.05, 4.69) is 20.5 Å². The number of rotatable bonds is 5. The van der Waals surface area contributed by atoms with Crippen molar-refractivity contribution >= 4 is 10.9 Å². The van der Waals surface area contributed by atoms with E-state index in [-0.39, 0.29) is 5.88 Å². The van der Waals surface area contributed by atoms with E-state index in [1.807, 2.05) is 67.1 Å². The molecule has 35 heavy (non-hydrogen) atoms. The Balaban J connectivity index is 1.66. The smallest absolute Gasteiger partial charge is 0.222 e. The fraction of sp³-hybridized carbons (Fsp3) is 0.115. The average molecular weight is 467 g/mol. The van der Waals surface area contributed by atoms with Gasteiger partial charge in [0, 0.05) is 41.2 Å². The lowest BCUT2D eigenvalue weighted by Gasteiger charge is -2.14. The monoisotopic (exact) mass is 466 g/mol. The Morgan fingerprint density at radius 3 is 2.51 bits per heavy atom. The SMILES string of the molecule is COc1ccccc1-c1c2c(-c3cnn(C)c3C)n[nH]c2c(O)n1-c1ccc(-c2ccon2)cc1. The van der Waals surface area contributed by atoms with Gasteiger partial charge in [0.25, 0.3) is 0 Å². The van der Waals surface area contributed by atoms with Gasteiger partial charge in [-0.2, -0.15) is 10.2 Å². The number of aromatic amines is 1. The van der Waals surface area contributed by atoms with Gasteiger partial charge in [-0.3, -0.25) is 14.3 Å². The van der Waals surface area contributed by atoms with Crippen LogP contribution in [0.15, 0.2) is 71.6 Å². The second kappa shape index (κ2) is 7.91. The highest BCUT2D eigenvalue weighted by molar-refractivity contribution is 6.08. The molecule has 0 fully saturated rings. The number of nitrogens with zero attached hydrogens (tertiary/aromatic N) is 5. The molecule has 9 heteroatoms. The molecule has 4 aromatic heterocycles. The molecule has 6 aromatic rings. The molecule has 0 radical (unpaired) electrons. The Labute approximate surface area is 200 Å². The summed E-state index contributed by atoms with van der Waals surface area (Å²) in [5.41, 5.74) is 7.09. The number of aromatic nitrogens is 6. The number of aromatic hydroxyl groups is 1. The summed E-state index contributed by atoms with van der Waals surface area (Å²) in [6.07, 6.45) is 3.33. The predicted octanol–water partition coefficient (Wildman–Crippen LogP) is 5.10. The molecule has 9 nitrogen and oxygen atoms in total. The van der Waals surface area contributed by atoms with Crippen LogP contribution in [-0.2, 0) is 7.05 Å². The van der Waals surface area contributed by atoms with E-state index in [9.17, 15) is 5.11 Å². The van der Waals surface area contributed by atoms with Gasteiger partial charge in [-0.25, -0.2) is 0 Å². The molecular weight excluding hydrogens is 444 g/mol. The van der Waals surface area contributed by atoms with E-state index in [0.717, 1.165) is 44.8 Å². The van der Waals surface area contributed by atoms with Gasteiger partial charge in [-0.05, 0) is 31.2 Å². The summed E-state index contributed by atoms with van der Waals surface area (Å²) < 4.78 is 14.3. The number of hydrogen-bond donors (Lipinski definition) is 2. The Morgan fingerprint density at radius 1 is 1.03 bits per heavy atom. The first kappa shape index (κ1) is 20.8. The number of aryl methyl sites for hydroxylation is 1. The third kappa shape index (κ3) is 3.12. The predicted molar refractivity (Wildman–Crippen MR) is 132 cm³/mol. The lowest BCUT2D eigenvalue weighted by atomic mass is 10.0. The number of ether oxygens (including phenoxy) is 1. The molecule has 0 aliphatic heterocycles. The quantitative estimate of drug-likeness (QED) is 0.366. The second-order valence-electron chi connectivity index (χ2n) is 8.23. The third-order valence-electron chi connectivity index (χ3n) is 6.37. The van der Waals surface area contributed by atoms with Gasteiger partial charge in [0.1, 0.15) is 28.9 Å². The molecule has 4 heterocycles. The highest BCUT2D eigenvalue weighted by Gasteiger charge is 2.27. The molecule has 0 atom stereocenters. The molecule has 0 aliphatic carbocycles. The molecule has 0 saturated carbocycles. The minimum atomic E-state index is 0.0513. The van der Waals surface area contributed by atoms with Crippen molar-refractivity contribution in [3.05, 3.63) is 72.8 Å². The van der Waals surface area contributed by atoms with E-state index in [1.54, 1.807) is 24.1 Å². The van der Waals surface area contributed by atoms with Crippen molar-refractivity contribution in [2.45, 2.75) is 6.92 Å². The number of hydrogen-bond acceptors (Lipinski definition) is 6. The zero-order chi connectivity index (χ0) is 24.1. The summed E-state index contributed by atoms with van der Waals surface area (Å²) in [5, 5.41) is 28.2. The van der Waals surface area contributed by atoms with E-state index in [0.29, 0.717) is 17.0 Å². The third-order valence-corrected chi connectivity index (χ3v) is 6.37. The number of fused-ring (bicyclic) bond motifs is 1. The Morgan fingerprint density at radius 2 is 1.83 bits per heavy atom. The van der Waals surface area contributed by atoms with Crippen molar-refractivity contribution in [2.75, 3.05) is 7.11 Å². The standard InChI is InChI=1S/C26H22N6O3/c1-15-19(14-27-31(15)2)23-22-24(29-28-23)26(33)32(25(22)18-6-4-5-7-21(18)34-3)17-10-8-16(9-11-17)20-12-13-35-30-20/h4-14,29,33H,1-3H3. The largest absolute Gasteiger partial charge is 0.496 e. The van der Waals surface area contributed by atoms with Crippen LogP contribution in [0.1, 0.15) is 5.69 Å². The van der Waals surface area contributed by atoms with Gasteiger partial charge >= 0.3 is 0 Å². The summed E-state index contributed by atoms with van der Waals surface area (Å²) in [6.45, 7) is 1.99. The molecule has 174 valence electrons. The maximum Gasteiger partial charge on any atom is 0.222 e. The molecule has 0 saturated heterocycles. The Kier molecular flexibility index (Phi) is 4.70. The summed E-state index contributed by atoms with van der Waals surface area (Å²) in [4.78, 5) is 0. The van der Waals surface area contributed by atoms with Crippen molar-refractivity contribution in [1.29, 1.82) is 0 Å². The summed E-state index contributed by atoms with van der Waals surface area (Å²) in [7, 11) is 3.53. The lowest BCUT2D eigenvalue weighted by molar-refractivity contribution is 0.416. The van der Waals surface area contributed by atoms with Crippen LogP contribution in [0.4, 0.5) is 0 Å². The first-order valence-corrected chi connectivity index (χ1v) is 11.0.